The van der Waals surface area contributed by atoms with Gasteiger partial charge < -0.3 is 5.32 Å². The first-order valence-electron chi connectivity index (χ1n) is 4.98. The van der Waals surface area contributed by atoms with Crippen LogP contribution < -0.4 is 10.0 Å². The minimum atomic E-state index is -3.10. The van der Waals surface area contributed by atoms with E-state index in [0.717, 1.165) is 16.3 Å². The van der Waals surface area contributed by atoms with E-state index >= 15 is 0 Å². The lowest BCUT2D eigenvalue weighted by atomic mass is 10.2. The SMILES string of the molecule is CS(=O)(=O)NCCNCc1ccc(Br)c(Cl)c1. The lowest BCUT2D eigenvalue weighted by molar-refractivity contribution is 0.582. The number of hydrogen-bond donors (Lipinski definition) is 2. The van der Waals surface area contributed by atoms with Crippen LogP contribution in [0.25, 0.3) is 0 Å². The van der Waals surface area contributed by atoms with Crippen molar-refractivity contribution in [2.75, 3.05) is 19.3 Å². The van der Waals surface area contributed by atoms with Gasteiger partial charge in [-0.3, -0.25) is 0 Å². The zero-order valence-corrected chi connectivity index (χ0v) is 12.5. The molecule has 0 aromatic heterocycles. The summed E-state index contributed by atoms with van der Waals surface area (Å²) in [5.41, 5.74) is 1.05. The Morgan fingerprint density at radius 2 is 2.06 bits per heavy atom. The van der Waals surface area contributed by atoms with Crippen LogP contribution in [-0.4, -0.2) is 27.8 Å². The molecule has 1 aromatic carbocycles. The van der Waals surface area contributed by atoms with Crippen molar-refractivity contribution in [1.29, 1.82) is 0 Å². The second kappa shape index (κ2) is 6.70. The first-order valence-corrected chi connectivity index (χ1v) is 8.04. The molecule has 2 N–H and O–H groups in total. The molecule has 0 aliphatic heterocycles. The monoisotopic (exact) mass is 340 g/mol. The van der Waals surface area contributed by atoms with Crippen LogP contribution >= 0.6 is 27.5 Å². The summed E-state index contributed by atoms with van der Waals surface area (Å²) in [7, 11) is -3.10. The standard InChI is InChI=1S/C10H14BrClN2O2S/c1-17(15,16)14-5-4-13-7-8-2-3-9(11)10(12)6-8/h2-3,6,13-14H,4-5,7H2,1H3. The first kappa shape index (κ1) is 14.9. The Kier molecular flexibility index (Phi) is 5.88. The van der Waals surface area contributed by atoms with E-state index in [1.54, 1.807) is 0 Å². The molecule has 96 valence electrons. The van der Waals surface area contributed by atoms with E-state index in [-0.39, 0.29) is 0 Å². The van der Waals surface area contributed by atoms with Crippen molar-refractivity contribution in [2.45, 2.75) is 6.54 Å². The van der Waals surface area contributed by atoms with Crippen LogP contribution in [-0.2, 0) is 16.6 Å². The van der Waals surface area contributed by atoms with Gasteiger partial charge in [-0.2, -0.15) is 0 Å². The predicted octanol–water partition coefficient (Wildman–Crippen LogP) is 1.74. The van der Waals surface area contributed by atoms with Gasteiger partial charge in [-0.25, -0.2) is 13.1 Å². The molecule has 7 heteroatoms. The van der Waals surface area contributed by atoms with E-state index in [1.165, 1.54) is 0 Å². The number of rotatable bonds is 6. The van der Waals surface area contributed by atoms with Crippen LogP contribution in [0.3, 0.4) is 0 Å². The van der Waals surface area contributed by atoms with Crippen LogP contribution in [0.1, 0.15) is 5.56 Å². The third-order valence-electron chi connectivity index (χ3n) is 1.98. The Morgan fingerprint density at radius 1 is 1.35 bits per heavy atom. The number of halogens is 2. The summed E-state index contributed by atoms with van der Waals surface area (Å²) >= 11 is 9.26. The fraction of sp³-hybridized carbons (Fsp3) is 0.400. The zero-order chi connectivity index (χ0) is 12.9. The zero-order valence-electron chi connectivity index (χ0n) is 9.33. The van der Waals surface area contributed by atoms with Crippen molar-refractivity contribution in [1.82, 2.24) is 10.0 Å². The van der Waals surface area contributed by atoms with E-state index < -0.39 is 10.0 Å². The molecule has 0 aliphatic rings. The molecule has 0 radical (unpaired) electrons. The second-order valence-corrected chi connectivity index (χ2v) is 6.69. The van der Waals surface area contributed by atoms with Gasteiger partial charge in [0.2, 0.25) is 10.0 Å². The first-order chi connectivity index (χ1) is 7.88. The molecule has 0 heterocycles. The summed E-state index contributed by atoms with van der Waals surface area (Å²) in [5.74, 6) is 0. The van der Waals surface area contributed by atoms with Gasteiger partial charge in [0.25, 0.3) is 0 Å². The molecule has 17 heavy (non-hydrogen) atoms. The van der Waals surface area contributed by atoms with Crippen LogP contribution in [0.2, 0.25) is 5.02 Å². The number of nitrogens with one attached hydrogen (secondary N) is 2. The van der Waals surface area contributed by atoms with Crippen molar-refractivity contribution in [2.24, 2.45) is 0 Å². The molecule has 4 nitrogen and oxygen atoms in total. The second-order valence-electron chi connectivity index (χ2n) is 3.59. The average molecular weight is 342 g/mol. The molecule has 0 spiro atoms. The van der Waals surface area contributed by atoms with E-state index in [1.807, 2.05) is 18.2 Å². The minimum Gasteiger partial charge on any atom is -0.311 e. The van der Waals surface area contributed by atoms with Crippen LogP contribution in [0, 0.1) is 0 Å². The molecule has 1 rings (SSSR count). The molecule has 0 aliphatic carbocycles. The van der Waals surface area contributed by atoms with E-state index in [2.05, 4.69) is 26.0 Å². The number of hydrogen-bond acceptors (Lipinski definition) is 3. The smallest absolute Gasteiger partial charge is 0.208 e. The highest BCUT2D eigenvalue weighted by atomic mass is 79.9. The van der Waals surface area contributed by atoms with E-state index in [9.17, 15) is 8.42 Å². The van der Waals surface area contributed by atoms with E-state index in [4.69, 9.17) is 11.6 Å². The van der Waals surface area contributed by atoms with Crippen molar-refractivity contribution in [3.8, 4) is 0 Å². The fourth-order valence-electron chi connectivity index (χ4n) is 1.21. The van der Waals surface area contributed by atoms with Gasteiger partial charge >= 0.3 is 0 Å². The van der Waals surface area contributed by atoms with Gasteiger partial charge in [0.05, 0.1) is 11.3 Å². The average Bonchev–Trinajstić information content (AvgIpc) is 2.21. The van der Waals surface area contributed by atoms with Crippen molar-refractivity contribution in [3.63, 3.8) is 0 Å². The summed E-state index contributed by atoms with van der Waals surface area (Å²) in [4.78, 5) is 0. The third-order valence-corrected chi connectivity index (χ3v) is 3.94. The molecule has 0 amide bonds. The normalized spacial score (nSPS) is 11.7. The Balaban J connectivity index is 2.29. The van der Waals surface area contributed by atoms with Crippen molar-refractivity contribution < 1.29 is 8.42 Å². The minimum absolute atomic E-state index is 0.378. The number of sulfonamides is 1. The highest BCUT2D eigenvalue weighted by Gasteiger charge is 2.00. The van der Waals surface area contributed by atoms with Crippen LogP contribution in [0.5, 0.6) is 0 Å². The van der Waals surface area contributed by atoms with Gasteiger partial charge in [0.15, 0.2) is 0 Å². The topological polar surface area (TPSA) is 58.2 Å². The predicted molar refractivity (Wildman–Crippen MR) is 73.7 cm³/mol. The highest BCUT2D eigenvalue weighted by molar-refractivity contribution is 9.10. The lowest BCUT2D eigenvalue weighted by Gasteiger charge is -2.06. The fourth-order valence-corrected chi connectivity index (χ4v) is 2.13. The molecular weight excluding hydrogens is 328 g/mol. The summed E-state index contributed by atoms with van der Waals surface area (Å²) in [5, 5.41) is 3.79. The molecule has 0 saturated heterocycles. The Morgan fingerprint density at radius 3 is 2.65 bits per heavy atom. The molecule has 1 aromatic rings. The highest BCUT2D eigenvalue weighted by Crippen LogP contribution is 2.22. The Bertz CT molecular complexity index is 479. The summed E-state index contributed by atoms with van der Waals surface area (Å²) in [6.07, 6.45) is 1.14. The van der Waals surface area contributed by atoms with Crippen LogP contribution in [0.4, 0.5) is 0 Å². The molecule has 0 bridgehead atoms. The third kappa shape index (κ3) is 6.38. The molecular formula is C10H14BrClN2O2S. The maximum absolute atomic E-state index is 10.8. The maximum Gasteiger partial charge on any atom is 0.208 e. The molecule has 0 fully saturated rings. The molecule has 0 atom stereocenters. The van der Waals surface area contributed by atoms with Crippen molar-refractivity contribution in [3.05, 3.63) is 33.3 Å². The summed E-state index contributed by atoms with van der Waals surface area (Å²) < 4.78 is 24.8. The van der Waals surface area contributed by atoms with E-state index in [0.29, 0.717) is 24.7 Å². The van der Waals surface area contributed by atoms with Gasteiger partial charge in [-0.1, -0.05) is 17.7 Å². The van der Waals surface area contributed by atoms with Gasteiger partial charge in [0.1, 0.15) is 0 Å². The maximum atomic E-state index is 10.8. The molecule has 0 unspecified atom stereocenters. The largest absolute Gasteiger partial charge is 0.311 e. The number of benzene rings is 1. The Hall–Kier alpha value is -0.140. The quantitative estimate of drug-likeness (QED) is 0.775. The van der Waals surface area contributed by atoms with Crippen LogP contribution in [0.15, 0.2) is 22.7 Å². The Labute approximate surface area is 115 Å². The van der Waals surface area contributed by atoms with Gasteiger partial charge in [0, 0.05) is 24.1 Å². The molecule has 0 saturated carbocycles. The van der Waals surface area contributed by atoms with Crippen molar-refractivity contribution >= 4 is 37.6 Å². The van der Waals surface area contributed by atoms with Gasteiger partial charge in [-0.15, -0.1) is 0 Å². The lowest BCUT2D eigenvalue weighted by Crippen LogP contribution is -2.30. The summed E-state index contributed by atoms with van der Waals surface area (Å²) in [6, 6.07) is 5.70. The summed E-state index contributed by atoms with van der Waals surface area (Å²) in [6.45, 7) is 1.60. The van der Waals surface area contributed by atoms with Gasteiger partial charge in [-0.05, 0) is 33.6 Å².